The molecule has 0 saturated carbocycles. The number of nitrogens with two attached hydrogens (primary N) is 1. The molecular weight excluding hydrogens is 198 g/mol. The van der Waals surface area contributed by atoms with Gasteiger partial charge in [-0.05, 0) is 19.1 Å². The molecule has 0 aromatic heterocycles. The summed E-state index contributed by atoms with van der Waals surface area (Å²) in [5.74, 6) is -0.168. The third-order valence-electron chi connectivity index (χ3n) is 1.93. The highest BCUT2D eigenvalue weighted by molar-refractivity contribution is 7.84. The molecule has 1 atom stereocenters. The summed E-state index contributed by atoms with van der Waals surface area (Å²) in [5.41, 5.74) is 6.72. The summed E-state index contributed by atoms with van der Waals surface area (Å²) in [4.78, 5) is 12.0. The van der Waals surface area contributed by atoms with E-state index in [4.69, 9.17) is 5.73 Å². The lowest BCUT2D eigenvalue weighted by Crippen LogP contribution is -2.16. The van der Waals surface area contributed by atoms with Crippen LogP contribution in [-0.4, -0.2) is 22.8 Å². The van der Waals surface area contributed by atoms with Crippen LogP contribution < -0.4 is 5.73 Å². The van der Waals surface area contributed by atoms with Crippen molar-refractivity contribution >= 4 is 16.6 Å². The molecule has 0 aliphatic heterocycles. The minimum absolute atomic E-state index is 0.0480. The Labute approximate surface area is 85.8 Å². The molecule has 4 heteroatoms. The van der Waals surface area contributed by atoms with Gasteiger partial charge in [-0.2, -0.15) is 0 Å². The molecular formula is C10H13NO2S. The van der Waals surface area contributed by atoms with Gasteiger partial charge in [0.25, 0.3) is 0 Å². The smallest absolute Gasteiger partial charge is 0.177 e. The molecule has 0 fully saturated rings. The number of hydrogen-bond acceptors (Lipinski definition) is 3. The number of hydrogen-bond donors (Lipinski definition) is 1. The average molecular weight is 211 g/mol. The summed E-state index contributed by atoms with van der Waals surface area (Å²) in [5, 5.41) is 0. The standard InChI is InChI=1S/C10H13NO2S/c1-7-3-4-10(14(2)13)8(5-7)9(12)6-11/h3-5H,6,11H2,1-2H3. The summed E-state index contributed by atoms with van der Waals surface area (Å²) in [6, 6.07) is 5.28. The molecule has 2 N–H and O–H groups in total. The van der Waals surface area contributed by atoms with Crippen LogP contribution in [0.5, 0.6) is 0 Å². The summed E-state index contributed by atoms with van der Waals surface area (Å²) >= 11 is 0. The van der Waals surface area contributed by atoms with Gasteiger partial charge in [0.1, 0.15) is 0 Å². The van der Waals surface area contributed by atoms with E-state index in [0.29, 0.717) is 10.5 Å². The van der Waals surface area contributed by atoms with Crippen LogP contribution in [0.2, 0.25) is 0 Å². The topological polar surface area (TPSA) is 60.2 Å². The van der Waals surface area contributed by atoms with E-state index in [9.17, 15) is 9.00 Å². The second-order valence-electron chi connectivity index (χ2n) is 3.08. The molecule has 0 radical (unpaired) electrons. The van der Waals surface area contributed by atoms with E-state index in [1.807, 2.05) is 13.0 Å². The Hall–Kier alpha value is -1.00. The quantitative estimate of drug-likeness (QED) is 0.755. The molecule has 0 amide bonds. The molecule has 0 heterocycles. The van der Waals surface area contributed by atoms with Crippen molar-refractivity contribution < 1.29 is 9.00 Å². The first kappa shape index (κ1) is 11.1. The minimum atomic E-state index is -1.15. The van der Waals surface area contributed by atoms with Gasteiger partial charge in [-0.15, -0.1) is 0 Å². The number of Topliss-reactive ketones (excluding diaryl/α,β-unsaturated/α-hetero) is 1. The van der Waals surface area contributed by atoms with Gasteiger partial charge in [0.2, 0.25) is 0 Å². The van der Waals surface area contributed by atoms with Crippen molar-refractivity contribution in [2.75, 3.05) is 12.8 Å². The van der Waals surface area contributed by atoms with Crippen LogP contribution in [0.3, 0.4) is 0 Å². The number of carbonyl (C=O) groups is 1. The molecule has 0 bridgehead atoms. The maximum absolute atomic E-state index is 11.4. The maximum atomic E-state index is 11.4. The van der Waals surface area contributed by atoms with Crippen molar-refractivity contribution in [3.63, 3.8) is 0 Å². The zero-order chi connectivity index (χ0) is 10.7. The molecule has 1 rings (SSSR count). The summed E-state index contributed by atoms with van der Waals surface area (Å²) in [6.45, 7) is 1.84. The van der Waals surface area contributed by atoms with E-state index in [1.54, 1.807) is 18.4 Å². The Morgan fingerprint density at radius 2 is 2.14 bits per heavy atom. The van der Waals surface area contributed by atoms with Crippen LogP contribution in [0.15, 0.2) is 23.1 Å². The molecule has 1 aromatic carbocycles. The molecule has 14 heavy (non-hydrogen) atoms. The first-order chi connectivity index (χ1) is 6.56. The predicted molar refractivity (Wildman–Crippen MR) is 56.9 cm³/mol. The van der Waals surface area contributed by atoms with Gasteiger partial charge in [0.15, 0.2) is 5.78 Å². The van der Waals surface area contributed by atoms with E-state index in [-0.39, 0.29) is 12.3 Å². The highest BCUT2D eigenvalue weighted by Crippen LogP contribution is 2.15. The van der Waals surface area contributed by atoms with E-state index < -0.39 is 10.8 Å². The zero-order valence-corrected chi connectivity index (χ0v) is 9.06. The lowest BCUT2D eigenvalue weighted by Gasteiger charge is -2.05. The SMILES string of the molecule is Cc1ccc(S(C)=O)c(C(=O)CN)c1. The van der Waals surface area contributed by atoms with Crippen molar-refractivity contribution in [1.82, 2.24) is 0 Å². The largest absolute Gasteiger partial charge is 0.324 e. The Morgan fingerprint density at radius 3 is 2.64 bits per heavy atom. The maximum Gasteiger partial charge on any atom is 0.177 e. The van der Waals surface area contributed by atoms with Gasteiger partial charge in [0, 0.05) is 16.7 Å². The van der Waals surface area contributed by atoms with Gasteiger partial charge in [-0.25, -0.2) is 0 Å². The lowest BCUT2D eigenvalue weighted by molar-refractivity contribution is 0.0998. The Kier molecular flexibility index (Phi) is 3.55. The molecule has 1 unspecified atom stereocenters. The summed E-state index contributed by atoms with van der Waals surface area (Å²) < 4.78 is 11.3. The molecule has 76 valence electrons. The van der Waals surface area contributed by atoms with Crippen molar-refractivity contribution in [3.05, 3.63) is 29.3 Å². The number of benzene rings is 1. The highest BCUT2D eigenvalue weighted by Gasteiger charge is 2.12. The van der Waals surface area contributed by atoms with Crippen molar-refractivity contribution in [1.29, 1.82) is 0 Å². The van der Waals surface area contributed by atoms with E-state index in [1.165, 1.54) is 0 Å². The van der Waals surface area contributed by atoms with Crippen LogP contribution in [0.4, 0.5) is 0 Å². The number of carbonyl (C=O) groups excluding carboxylic acids is 1. The Morgan fingerprint density at radius 1 is 1.50 bits per heavy atom. The molecule has 0 spiro atoms. The van der Waals surface area contributed by atoms with Crippen molar-refractivity contribution in [3.8, 4) is 0 Å². The number of ketones is 1. The fraction of sp³-hybridized carbons (Fsp3) is 0.300. The van der Waals surface area contributed by atoms with Gasteiger partial charge >= 0.3 is 0 Å². The summed E-state index contributed by atoms with van der Waals surface area (Å²) in [7, 11) is -1.15. The van der Waals surface area contributed by atoms with Gasteiger partial charge in [0.05, 0.1) is 17.3 Å². The third-order valence-corrected chi connectivity index (χ3v) is 2.91. The fourth-order valence-corrected chi connectivity index (χ4v) is 1.96. The molecule has 1 aromatic rings. The van der Waals surface area contributed by atoms with Gasteiger partial charge in [-0.3, -0.25) is 9.00 Å². The first-order valence-electron chi connectivity index (χ1n) is 4.23. The van der Waals surface area contributed by atoms with Crippen molar-refractivity contribution in [2.45, 2.75) is 11.8 Å². The molecule has 0 aliphatic rings. The number of rotatable bonds is 3. The van der Waals surface area contributed by atoms with Gasteiger partial charge in [-0.1, -0.05) is 11.6 Å². The van der Waals surface area contributed by atoms with Crippen LogP contribution in [0.25, 0.3) is 0 Å². The number of aryl methyl sites for hydroxylation is 1. The second-order valence-corrected chi connectivity index (χ2v) is 4.43. The van der Waals surface area contributed by atoms with E-state index in [2.05, 4.69) is 0 Å². The molecule has 0 saturated heterocycles. The van der Waals surface area contributed by atoms with Crippen LogP contribution in [-0.2, 0) is 10.8 Å². The van der Waals surface area contributed by atoms with Crippen LogP contribution in [0, 0.1) is 6.92 Å². The fourth-order valence-electron chi connectivity index (χ4n) is 1.22. The monoisotopic (exact) mass is 211 g/mol. The third kappa shape index (κ3) is 2.27. The predicted octanol–water partition coefficient (Wildman–Crippen LogP) is 0.874. The Bertz CT molecular complexity index is 388. The lowest BCUT2D eigenvalue weighted by atomic mass is 10.1. The van der Waals surface area contributed by atoms with Crippen LogP contribution in [0.1, 0.15) is 15.9 Å². The van der Waals surface area contributed by atoms with E-state index in [0.717, 1.165) is 5.56 Å². The van der Waals surface area contributed by atoms with E-state index >= 15 is 0 Å². The normalized spacial score (nSPS) is 12.5. The first-order valence-corrected chi connectivity index (χ1v) is 5.79. The average Bonchev–Trinajstić information content (AvgIpc) is 2.16. The Balaban J connectivity index is 3.29. The van der Waals surface area contributed by atoms with Gasteiger partial charge < -0.3 is 5.73 Å². The molecule has 3 nitrogen and oxygen atoms in total. The molecule has 0 aliphatic carbocycles. The highest BCUT2D eigenvalue weighted by atomic mass is 32.2. The summed E-state index contributed by atoms with van der Waals surface area (Å²) in [6.07, 6.45) is 1.55. The minimum Gasteiger partial charge on any atom is -0.324 e. The van der Waals surface area contributed by atoms with Crippen molar-refractivity contribution in [2.24, 2.45) is 5.73 Å². The second kappa shape index (κ2) is 4.48. The zero-order valence-electron chi connectivity index (χ0n) is 8.24. The van der Waals surface area contributed by atoms with Crippen LogP contribution >= 0.6 is 0 Å².